The summed E-state index contributed by atoms with van der Waals surface area (Å²) in [6.07, 6.45) is 0. The lowest BCUT2D eigenvalue weighted by molar-refractivity contribution is 0.619. The summed E-state index contributed by atoms with van der Waals surface area (Å²) in [4.78, 5) is 14.9. The smallest absolute Gasteiger partial charge is 0.256 e. The lowest BCUT2D eigenvalue weighted by atomic mass is 10.0. The molecule has 1 N–H and O–H groups in total. The molecule has 0 bridgehead atoms. The van der Waals surface area contributed by atoms with Crippen LogP contribution in [0.4, 0.5) is 4.39 Å². The van der Waals surface area contributed by atoms with Crippen molar-refractivity contribution in [3.05, 3.63) is 57.8 Å². The molecule has 0 aliphatic rings. The molecule has 2 aromatic rings. The van der Waals surface area contributed by atoms with Gasteiger partial charge in [0.15, 0.2) is 0 Å². The van der Waals surface area contributed by atoms with Crippen LogP contribution in [-0.4, -0.2) is 4.98 Å². The Labute approximate surface area is 105 Å². The van der Waals surface area contributed by atoms with Crippen LogP contribution in [-0.2, 0) is 0 Å². The van der Waals surface area contributed by atoms with E-state index < -0.39 is 0 Å². The third-order valence-electron chi connectivity index (χ3n) is 3.02. The molecule has 2 nitrogen and oxygen atoms in total. The molecule has 0 fully saturated rings. The first-order valence-corrected chi connectivity index (χ1v) is 5.99. The van der Waals surface area contributed by atoms with Crippen LogP contribution in [0.3, 0.4) is 0 Å². The van der Waals surface area contributed by atoms with Gasteiger partial charge < -0.3 is 4.98 Å². The molecular weight excluding hydrogens is 229 g/mol. The highest BCUT2D eigenvalue weighted by Crippen LogP contribution is 2.20. The number of rotatable bonds is 2. The summed E-state index contributed by atoms with van der Waals surface area (Å²) in [5, 5.41) is 0. The average Bonchev–Trinajstić information content (AvgIpc) is 2.32. The molecule has 18 heavy (non-hydrogen) atoms. The number of hydrogen-bond acceptors (Lipinski definition) is 1. The lowest BCUT2D eigenvalue weighted by Gasteiger charge is -2.07. The highest BCUT2D eigenvalue weighted by atomic mass is 19.1. The SMILES string of the molecule is Cc1cc(-c2ccc(C(C)C)[nH]c2=O)ccc1F. The van der Waals surface area contributed by atoms with E-state index in [2.05, 4.69) is 4.98 Å². The molecule has 0 radical (unpaired) electrons. The van der Waals surface area contributed by atoms with Gasteiger partial charge in [-0.15, -0.1) is 0 Å². The van der Waals surface area contributed by atoms with Gasteiger partial charge in [-0.3, -0.25) is 4.79 Å². The van der Waals surface area contributed by atoms with Crippen molar-refractivity contribution in [3.8, 4) is 11.1 Å². The molecule has 0 aliphatic carbocycles. The Morgan fingerprint density at radius 1 is 1.17 bits per heavy atom. The number of halogens is 1. The quantitative estimate of drug-likeness (QED) is 0.861. The molecule has 1 aromatic heterocycles. The molecule has 0 aliphatic heterocycles. The molecule has 0 saturated heterocycles. The first-order valence-electron chi connectivity index (χ1n) is 5.99. The van der Waals surface area contributed by atoms with Gasteiger partial charge in [0.1, 0.15) is 5.82 Å². The zero-order valence-corrected chi connectivity index (χ0v) is 10.8. The largest absolute Gasteiger partial charge is 0.325 e. The first-order chi connectivity index (χ1) is 8.49. The zero-order chi connectivity index (χ0) is 13.3. The van der Waals surface area contributed by atoms with Gasteiger partial charge in [-0.05, 0) is 48.2 Å². The van der Waals surface area contributed by atoms with E-state index in [0.717, 1.165) is 11.3 Å². The van der Waals surface area contributed by atoms with Crippen LogP contribution in [0.25, 0.3) is 11.1 Å². The van der Waals surface area contributed by atoms with Crippen molar-refractivity contribution in [1.82, 2.24) is 4.98 Å². The second-order valence-electron chi connectivity index (χ2n) is 4.78. The number of nitrogens with one attached hydrogen (secondary N) is 1. The molecule has 0 amide bonds. The number of aromatic amines is 1. The maximum absolute atomic E-state index is 13.2. The summed E-state index contributed by atoms with van der Waals surface area (Å²) >= 11 is 0. The van der Waals surface area contributed by atoms with Crippen LogP contribution in [0.2, 0.25) is 0 Å². The highest BCUT2D eigenvalue weighted by Gasteiger charge is 2.07. The van der Waals surface area contributed by atoms with Crippen molar-refractivity contribution in [2.75, 3.05) is 0 Å². The van der Waals surface area contributed by atoms with E-state index in [0.29, 0.717) is 11.1 Å². The standard InChI is InChI=1S/C15H16FNO/c1-9(2)14-7-5-12(15(18)17-14)11-4-6-13(16)10(3)8-11/h4-9H,1-3H3,(H,17,18). The van der Waals surface area contributed by atoms with Gasteiger partial charge in [0.25, 0.3) is 5.56 Å². The minimum Gasteiger partial charge on any atom is -0.325 e. The van der Waals surface area contributed by atoms with Crippen LogP contribution in [0.1, 0.15) is 31.0 Å². The molecule has 1 heterocycles. The predicted molar refractivity (Wildman–Crippen MR) is 71.3 cm³/mol. The normalized spacial score (nSPS) is 10.9. The van der Waals surface area contributed by atoms with Crippen molar-refractivity contribution in [2.45, 2.75) is 26.7 Å². The second-order valence-corrected chi connectivity index (χ2v) is 4.78. The summed E-state index contributed by atoms with van der Waals surface area (Å²) in [5.74, 6) is 0.0238. The third kappa shape index (κ3) is 2.35. The van der Waals surface area contributed by atoms with Crippen LogP contribution < -0.4 is 5.56 Å². The number of aryl methyl sites for hydroxylation is 1. The van der Waals surface area contributed by atoms with Crippen molar-refractivity contribution in [2.24, 2.45) is 0 Å². The monoisotopic (exact) mass is 245 g/mol. The zero-order valence-electron chi connectivity index (χ0n) is 10.8. The summed E-state index contributed by atoms with van der Waals surface area (Å²) in [6.45, 7) is 5.73. The van der Waals surface area contributed by atoms with Gasteiger partial charge in [0.05, 0.1) is 0 Å². The third-order valence-corrected chi connectivity index (χ3v) is 3.02. The van der Waals surface area contributed by atoms with Crippen molar-refractivity contribution >= 4 is 0 Å². The van der Waals surface area contributed by atoms with Gasteiger partial charge in [0.2, 0.25) is 0 Å². The second kappa shape index (κ2) is 4.77. The fourth-order valence-electron chi connectivity index (χ4n) is 1.87. The van der Waals surface area contributed by atoms with E-state index in [1.807, 2.05) is 19.9 Å². The van der Waals surface area contributed by atoms with E-state index in [1.165, 1.54) is 6.07 Å². The number of benzene rings is 1. The summed E-state index contributed by atoms with van der Waals surface area (Å²) in [7, 11) is 0. The Hall–Kier alpha value is -1.90. The molecule has 3 heteroatoms. The van der Waals surface area contributed by atoms with Crippen LogP contribution in [0.5, 0.6) is 0 Å². The molecule has 2 rings (SSSR count). The summed E-state index contributed by atoms with van der Waals surface area (Å²) in [5.41, 5.74) is 2.63. The van der Waals surface area contributed by atoms with E-state index >= 15 is 0 Å². The van der Waals surface area contributed by atoms with E-state index in [1.54, 1.807) is 25.1 Å². The molecule has 0 unspecified atom stereocenters. The molecular formula is C15H16FNO. The first kappa shape index (κ1) is 12.6. The highest BCUT2D eigenvalue weighted by molar-refractivity contribution is 5.63. The van der Waals surface area contributed by atoms with Crippen molar-refractivity contribution < 1.29 is 4.39 Å². The minimum atomic E-state index is -0.256. The van der Waals surface area contributed by atoms with Gasteiger partial charge >= 0.3 is 0 Å². The van der Waals surface area contributed by atoms with Gasteiger partial charge in [-0.2, -0.15) is 0 Å². The molecule has 0 atom stereocenters. The number of H-pyrrole nitrogens is 1. The van der Waals surface area contributed by atoms with E-state index in [4.69, 9.17) is 0 Å². The van der Waals surface area contributed by atoms with E-state index in [-0.39, 0.29) is 17.3 Å². The maximum atomic E-state index is 13.2. The van der Waals surface area contributed by atoms with Gasteiger partial charge in [0, 0.05) is 11.3 Å². The number of hydrogen-bond donors (Lipinski definition) is 1. The fourth-order valence-corrected chi connectivity index (χ4v) is 1.87. The van der Waals surface area contributed by atoms with Gasteiger partial charge in [-0.25, -0.2) is 4.39 Å². The Morgan fingerprint density at radius 3 is 2.44 bits per heavy atom. The van der Waals surface area contributed by atoms with Crippen molar-refractivity contribution in [3.63, 3.8) is 0 Å². The van der Waals surface area contributed by atoms with Crippen LogP contribution >= 0.6 is 0 Å². The maximum Gasteiger partial charge on any atom is 0.256 e. The molecule has 94 valence electrons. The van der Waals surface area contributed by atoms with Crippen LogP contribution in [0.15, 0.2) is 35.1 Å². The number of pyridine rings is 1. The lowest BCUT2D eigenvalue weighted by Crippen LogP contribution is -2.12. The van der Waals surface area contributed by atoms with E-state index in [9.17, 15) is 9.18 Å². The minimum absolute atomic E-state index is 0.132. The average molecular weight is 245 g/mol. The topological polar surface area (TPSA) is 32.9 Å². The number of aromatic nitrogens is 1. The fraction of sp³-hybridized carbons (Fsp3) is 0.267. The summed E-state index contributed by atoms with van der Waals surface area (Å²) < 4.78 is 13.2. The molecule has 0 spiro atoms. The Morgan fingerprint density at radius 2 is 1.89 bits per heavy atom. The molecule has 0 saturated carbocycles. The Balaban J connectivity index is 2.51. The summed E-state index contributed by atoms with van der Waals surface area (Å²) in [6, 6.07) is 8.40. The van der Waals surface area contributed by atoms with Crippen molar-refractivity contribution in [1.29, 1.82) is 0 Å². The Bertz CT molecular complexity index is 629. The predicted octanol–water partition coefficient (Wildman–Crippen LogP) is 3.61. The Kier molecular flexibility index (Phi) is 3.32. The van der Waals surface area contributed by atoms with Gasteiger partial charge in [-0.1, -0.05) is 19.9 Å². The molecule has 1 aromatic carbocycles. The van der Waals surface area contributed by atoms with Crippen LogP contribution in [0, 0.1) is 12.7 Å².